The Kier molecular flexibility index (Phi) is 12.1. The van der Waals surface area contributed by atoms with Gasteiger partial charge in [0.2, 0.25) is 0 Å². The van der Waals surface area contributed by atoms with E-state index in [1.165, 1.54) is 0 Å². The van der Waals surface area contributed by atoms with Crippen LogP contribution in [0.1, 0.15) is 30.6 Å². The van der Waals surface area contributed by atoms with E-state index in [4.69, 9.17) is 4.74 Å². The molecule has 1 amide bonds. The maximum absolute atomic E-state index is 12.0. The van der Waals surface area contributed by atoms with Gasteiger partial charge in [0, 0.05) is 31.7 Å². The van der Waals surface area contributed by atoms with E-state index >= 15 is 0 Å². The predicted molar refractivity (Wildman–Crippen MR) is 105 cm³/mol. The van der Waals surface area contributed by atoms with Crippen molar-refractivity contribution >= 4 is 35.8 Å². The van der Waals surface area contributed by atoms with Gasteiger partial charge < -0.3 is 20.7 Å². The Morgan fingerprint density at radius 2 is 1.91 bits per heavy atom. The second kappa shape index (κ2) is 13.0. The van der Waals surface area contributed by atoms with E-state index in [0.29, 0.717) is 24.4 Å². The molecule has 1 rings (SSSR count). The molecule has 0 aromatic heterocycles. The van der Waals surface area contributed by atoms with Crippen LogP contribution in [0.2, 0.25) is 0 Å². The smallest absolute Gasteiger partial charge is 0.251 e. The molecule has 0 atom stereocenters. The van der Waals surface area contributed by atoms with Crippen LogP contribution in [0, 0.1) is 0 Å². The average Bonchev–Trinajstić information content (AvgIpc) is 2.56. The molecule has 0 aliphatic carbocycles. The van der Waals surface area contributed by atoms with Crippen molar-refractivity contribution in [3.8, 4) is 5.75 Å². The summed E-state index contributed by atoms with van der Waals surface area (Å²) in [6.45, 7) is 6.84. The lowest BCUT2D eigenvalue weighted by Gasteiger charge is -2.12. The minimum atomic E-state index is -0.115. The van der Waals surface area contributed by atoms with E-state index in [9.17, 15) is 4.79 Å². The lowest BCUT2D eigenvalue weighted by atomic mass is 10.2. The number of ether oxygens (including phenoxy) is 1. The molecule has 1 aromatic carbocycles. The van der Waals surface area contributed by atoms with Crippen LogP contribution in [-0.4, -0.2) is 45.2 Å². The van der Waals surface area contributed by atoms with Gasteiger partial charge in [-0.15, -0.1) is 24.0 Å². The molecular weight excluding hydrogens is 407 g/mol. The van der Waals surface area contributed by atoms with Crippen LogP contribution in [0.5, 0.6) is 5.75 Å². The van der Waals surface area contributed by atoms with Gasteiger partial charge in [-0.3, -0.25) is 9.79 Å². The van der Waals surface area contributed by atoms with E-state index in [2.05, 4.69) is 27.9 Å². The largest absolute Gasteiger partial charge is 0.497 e. The lowest BCUT2D eigenvalue weighted by molar-refractivity contribution is 0.0954. The predicted octanol–water partition coefficient (Wildman–Crippen LogP) is 2.01. The topological polar surface area (TPSA) is 74.8 Å². The van der Waals surface area contributed by atoms with Crippen molar-refractivity contribution in [1.82, 2.24) is 16.0 Å². The van der Waals surface area contributed by atoms with Gasteiger partial charge in [-0.25, -0.2) is 0 Å². The molecule has 0 bridgehead atoms. The highest BCUT2D eigenvalue weighted by atomic mass is 127. The number of nitrogens with one attached hydrogen (secondary N) is 3. The summed E-state index contributed by atoms with van der Waals surface area (Å²) in [7, 11) is 1.58. The Labute approximate surface area is 155 Å². The van der Waals surface area contributed by atoms with Gasteiger partial charge in [0.1, 0.15) is 5.75 Å². The maximum Gasteiger partial charge on any atom is 0.251 e. The number of hydrogen-bond acceptors (Lipinski definition) is 3. The normalized spacial score (nSPS) is 10.5. The van der Waals surface area contributed by atoms with Crippen molar-refractivity contribution < 1.29 is 9.53 Å². The minimum Gasteiger partial charge on any atom is -0.497 e. The van der Waals surface area contributed by atoms with E-state index < -0.39 is 0 Å². The highest BCUT2D eigenvalue weighted by molar-refractivity contribution is 14.0. The molecule has 7 heteroatoms. The molecule has 23 heavy (non-hydrogen) atoms. The Hall–Kier alpha value is -1.51. The Morgan fingerprint density at radius 3 is 2.57 bits per heavy atom. The number of nitrogens with zero attached hydrogens (tertiary/aromatic N) is 1. The number of carbonyl (C=O) groups excluding carboxylic acids is 1. The molecule has 0 saturated heterocycles. The molecule has 0 aliphatic heterocycles. The first kappa shape index (κ1) is 21.5. The number of amides is 1. The number of methoxy groups -OCH3 is 1. The third kappa shape index (κ3) is 8.63. The monoisotopic (exact) mass is 434 g/mol. The van der Waals surface area contributed by atoms with Gasteiger partial charge in [0.25, 0.3) is 5.91 Å². The second-order valence-corrected chi connectivity index (χ2v) is 4.68. The number of rotatable bonds is 8. The molecule has 0 fully saturated rings. The molecule has 0 heterocycles. The first-order valence-electron chi connectivity index (χ1n) is 7.65. The minimum absolute atomic E-state index is 0. The fourth-order valence-corrected chi connectivity index (χ4v) is 1.79. The average molecular weight is 434 g/mol. The number of carbonyl (C=O) groups is 1. The van der Waals surface area contributed by atoms with Crippen LogP contribution in [0.25, 0.3) is 0 Å². The summed E-state index contributed by atoms with van der Waals surface area (Å²) < 4.78 is 5.11. The molecule has 0 unspecified atom stereocenters. The molecular formula is C16H27IN4O2. The molecule has 0 saturated carbocycles. The number of aliphatic imine (C=N–C) groups is 1. The van der Waals surface area contributed by atoms with Crippen molar-refractivity contribution in [2.75, 3.05) is 33.3 Å². The van der Waals surface area contributed by atoms with Crippen LogP contribution >= 0.6 is 24.0 Å². The van der Waals surface area contributed by atoms with Crippen LogP contribution in [-0.2, 0) is 0 Å². The highest BCUT2D eigenvalue weighted by Crippen LogP contribution is 2.11. The van der Waals surface area contributed by atoms with Crippen LogP contribution in [0.15, 0.2) is 29.3 Å². The molecule has 1 aromatic rings. The summed E-state index contributed by atoms with van der Waals surface area (Å²) in [6.07, 6.45) is 1.00. The first-order valence-corrected chi connectivity index (χ1v) is 7.65. The zero-order chi connectivity index (χ0) is 16.2. The summed E-state index contributed by atoms with van der Waals surface area (Å²) in [6, 6.07) is 7.09. The second-order valence-electron chi connectivity index (χ2n) is 4.68. The van der Waals surface area contributed by atoms with Gasteiger partial charge in [-0.2, -0.15) is 0 Å². The summed E-state index contributed by atoms with van der Waals surface area (Å²) in [5.74, 6) is 1.34. The van der Waals surface area contributed by atoms with Crippen LogP contribution in [0.3, 0.4) is 0 Å². The first-order chi connectivity index (χ1) is 10.7. The van der Waals surface area contributed by atoms with Crippen molar-refractivity contribution in [3.63, 3.8) is 0 Å². The van der Waals surface area contributed by atoms with Gasteiger partial charge in [0.05, 0.1) is 7.11 Å². The van der Waals surface area contributed by atoms with Crippen molar-refractivity contribution in [3.05, 3.63) is 29.8 Å². The van der Waals surface area contributed by atoms with Crippen molar-refractivity contribution in [2.24, 2.45) is 4.99 Å². The van der Waals surface area contributed by atoms with E-state index in [1.807, 2.05) is 13.0 Å². The third-order valence-electron chi connectivity index (χ3n) is 2.87. The lowest BCUT2D eigenvalue weighted by Crippen LogP contribution is -2.41. The SMILES string of the molecule is CCCN=C(NCC)NCCNC(=O)c1cccc(OC)c1.I. The standard InChI is InChI=1S/C16H26N4O2.HI/c1-4-9-19-16(17-5-2)20-11-10-18-15(21)13-7-6-8-14(12-13)22-3;/h6-8,12H,4-5,9-11H2,1-3H3,(H,18,21)(H2,17,19,20);1H. The van der Waals surface area contributed by atoms with Gasteiger partial charge in [0.15, 0.2) is 5.96 Å². The Bertz CT molecular complexity index is 495. The van der Waals surface area contributed by atoms with Gasteiger partial charge in [-0.05, 0) is 31.5 Å². The summed E-state index contributed by atoms with van der Waals surface area (Å²) >= 11 is 0. The fraction of sp³-hybridized carbons (Fsp3) is 0.500. The van der Waals surface area contributed by atoms with E-state index in [1.54, 1.807) is 25.3 Å². The molecule has 0 spiro atoms. The summed E-state index contributed by atoms with van der Waals surface area (Å²) in [5, 5.41) is 9.21. The van der Waals surface area contributed by atoms with E-state index in [0.717, 1.165) is 25.5 Å². The quantitative estimate of drug-likeness (QED) is 0.253. The van der Waals surface area contributed by atoms with Crippen molar-refractivity contribution in [1.29, 1.82) is 0 Å². The molecule has 130 valence electrons. The molecule has 3 N–H and O–H groups in total. The fourth-order valence-electron chi connectivity index (χ4n) is 1.79. The van der Waals surface area contributed by atoms with E-state index in [-0.39, 0.29) is 29.9 Å². The number of benzene rings is 1. The molecule has 0 radical (unpaired) electrons. The van der Waals surface area contributed by atoms with Gasteiger partial charge >= 0.3 is 0 Å². The maximum atomic E-state index is 12.0. The molecule has 0 aliphatic rings. The number of guanidine groups is 1. The Balaban J connectivity index is 0.00000484. The number of hydrogen-bond donors (Lipinski definition) is 3. The van der Waals surface area contributed by atoms with Crippen LogP contribution in [0.4, 0.5) is 0 Å². The zero-order valence-corrected chi connectivity index (χ0v) is 16.3. The summed E-state index contributed by atoms with van der Waals surface area (Å²) in [5.41, 5.74) is 0.589. The summed E-state index contributed by atoms with van der Waals surface area (Å²) in [4.78, 5) is 16.4. The number of halogens is 1. The van der Waals surface area contributed by atoms with Crippen molar-refractivity contribution in [2.45, 2.75) is 20.3 Å². The van der Waals surface area contributed by atoms with Crippen LogP contribution < -0.4 is 20.7 Å². The zero-order valence-electron chi connectivity index (χ0n) is 14.0. The Morgan fingerprint density at radius 1 is 1.17 bits per heavy atom. The highest BCUT2D eigenvalue weighted by Gasteiger charge is 2.05. The van der Waals surface area contributed by atoms with Gasteiger partial charge in [-0.1, -0.05) is 13.0 Å². The third-order valence-corrected chi connectivity index (χ3v) is 2.87. The molecule has 6 nitrogen and oxygen atoms in total.